The second-order valence-electron chi connectivity index (χ2n) is 6.08. The Labute approximate surface area is 164 Å². The van der Waals surface area contributed by atoms with Gasteiger partial charge in [0.15, 0.2) is 0 Å². The third kappa shape index (κ3) is 4.10. The highest BCUT2D eigenvalue weighted by atomic mass is 16.4. The van der Waals surface area contributed by atoms with Crippen molar-refractivity contribution in [3.8, 4) is 0 Å². The van der Waals surface area contributed by atoms with Crippen LogP contribution >= 0.6 is 0 Å². The molecule has 140 valence electrons. The first-order valence-electron chi connectivity index (χ1n) is 8.77. The van der Waals surface area contributed by atoms with Crippen molar-refractivity contribution < 1.29 is 9.90 Å². The largest absolute Gasteiger partial charge is 0.478 e. The number of hydrogen-bond donors (Lipinski definition) is 2. The molecule has 0 aliphatic heterocycles. The molecule has 0 amide bonds. The van der Waals surface area contributed by atoms with Gasteiger partial charge in [-0.3, -0.25) is 4.98 Å². The Morgan fingerprint density at radius 3 is 2.32 bits per heavy atom. The maximum absolute atomic E-state index is 11.6. The van der Waals surface area contributed by atoms with Gasteiger partial charge in [0.25, 0.3) is 0 Å². The molecule has 0 saturated carbocycles. The molecule has 0 saturated heterocycles. The summed E-state index contributed by atoms with van der Waals surface area (Å²) in [6.45, 7) is 3.98. The highest BCUT2D eigenvalue weighted by molar-refractivity contribution is 5.95. The van der Waals surface area contributed by atoms with Crippen LogP contribution in [-0.4, -0.2) is 23.1 Å². The molecule has 0 radical (unpaired) electrons. The Morgan fingerprint density at radius 1 is 1.07 bits per heavy atom. The normalized spacial score (nSPS) is 11.3. The molecule has 0 aliphatic carbocycles. The van der Waals surface area contributed by atoms with Gasteiger partial charge >= 0.3 is 5.97 Å². The molecule has 5 nitrogen and oxygen atoms in total. The second-order valence-corrected chi connectivity index (χ2v) is 6.08. The number of aromatic nitrogens is 1. The van der Waals surface area contributed by atoms with Crippen molar-refractivity contribution in [1.29, 1.82) is 0 Å². The molecular weight excluding hydrogens is 350 g/mol. The Balaban J connectivity index is 2.16. The molecule has 3 aromatic rings. The van der Waals surface area contributed by atoms with Crippen LogP contribution in [0.4, 0.5) is 11.4 Å². The van der Waals surface area contributed by atoms with Crippen LogP contribution in [0.15, 0.2) is 97.6 Å². The lowest BCUT2D eigenvalue weighted by Gasteiger charge is -2.27. The summed E-state index contributed by atoms with van der Waals surface area (Å²) in [5, 5.41) is 12.8. The number of nitrogens with zero attached hydrogens (tertiary/aromatic N) is 2. The number of hydrogen-bond acceptors (Lipinski definition) is 4. The second kappa shape index (κ2) is 8.68. The van der Waals surface area contributed by atoms with E-state index in [1.54, 1.807) is 6.08 Å². The highest BCUT2D eigenvalue weighted by Gasteiger charge is 2.17. The van der Waals surface area contributed by atoms with E-state index in [-0.39, 0.29) is 5.56 Å². The Bertz CT molecular complexity index is 999. The maximum Gasteiger partial charge on any atom is 0.337 e. The first-order valence-corrected chi connectivity index (χ1v) is 8.77. The quantitative estimate of drug-likeness (QED) is 0.579. The number of para-hydroxylation sites is 1. The van der Waals surface area contributed by atoms with E-state index < -0.39 is 5.97 Å². The van der Waals surface area contributed by atoms with Crippen molar-refractivity contribution in [2.45, 2.75) is 0 Å². The molecule has 0 aliphatic rings. The van der Waals surface area contributed by atoms with Gasteiger partial charge in [-0.15, -0.1) is 0 Å². The van der Waals surface area contributed by atoms with E-state index in [2.05, 4.69) is 16.9 Å². The summed E-state index contributed by atoms with van der Waals surface area (Å²) >= 11 is 0. The van der Waals surface area contributed by atoms with Gasteiger partial charge in [0.2, 0.25) is 0 Å². The molecule has 2 N–H and O–H groups in total. The number of benzene rings is 2. The van der Waals surface area contributed by atoms with Gasteiger partial charge in [0, 0.05) is 24.5 Å². The fraction of sp³-hybridized carbons (Fsp3) is 0.0435. The molecule has 0 spiro atoms. The van der Waals surface area contributed by atoms with Crippen LogP contribution in [-0.2, 0) is 0 Å². The molecule has 0 atom stereocenters. The van der Waals surface area contributed by atoms with Crippen molar-refractivity contribution in [1.82, 2.24) is 4.98 Å². The summed E-state index contributed by atoms with van der Waals surface area (Å²) in [6, 6.07) is 21.1. The molecule has 1 aromatic heterocycles. The van der Waals surface area contributed by atoms with Crippen molar-refractivity contribution >= 4 is 22.9 Å². The lowest BCUT2D eigenvalue weighted by molar-refractivity contribution is 0.0698. The lowest BCUT2D eigenvalue weighted by Crippen LogP contribution is -2.25. The molecule has 0 unspecified atom stereocenters. The zero-order chi connectivity index (χ0) is 19.9. The fourth-order valence-electron chi connectivity index (χ4n) is 2.89. The number of pyridine rings is 1. The Morgan fingerprint density at radius 2 is 1.71 bits per heavy atom. The van der Waals surface area contributed by atoms with E-state index in [4.69, 9.17) is 0 Å². The smallest absolute Gasteiger partial charge is 0.337 e. The summed E-state index contributed by atoms with van der Waals surface area (Å²) < 4.78 is 0. The van der Waals surface area contributed by atoms with Gasteiger partial charge in [-0.1, -0.05) is 61.2 Å². The van der Waals surface area contributed by atoms with E-state index in [1.807, 2.05) is 72.6 Å². The van der Waals surface area contributed by atoms with Crippen molar-refractivity contribution in [3.63, 3.8) is 0 Å². The van der Waals surface area contributed by atoms with Crippen LogP contribution in [0.2, 0.25) is 0 Å². The van der Waals surface area contributed by atoms with Crippen LogP contribution in [0, 0.1) is 0 Å². The third-order valence-electron chi connectivity index (χ3n) is 4.33. The van der Waals surface area contributed by atoms with Crippen LogP contribution in [0.25, 0.3) is 5.57 Å². The van der Waals surface area contributed by atoms with E-state index in [1.165, 1.54) is 18.5 Å². The summed E-state index contributed by atoms with van der Waals surface area (Å²) in [5.41, 5.74) is 3.30. The van der Waals surface area contributed by atoms with Gasteiger partial charge in [-0.25, -0.2) is 4.79 Å². The molecule has 0 fully saturated rings. The van der Waals surface area contributed by atoms with Crippen LogP contribution in [0.5, 0.6) is 0 Å². The van der Waals surface area contributed by atoms with Crippen LogP contribution < -0.4 is 10.2 Å². The number of allylic oxidation sites excluding steroid dienone is 2. The van der Waals surface area contributed by atoms with Gasteiger partial charge in [0.05, 0.1) is 17.4 Å². The number of nitrogens with one attached hydrogen (secondary N) is 1. The third-order valence-corrected chi connectivity index (χ3v) is 4.33. The first kappa shape index (κ1) is 18.9. The van der Waals surface area contributed by atoms with Crippen LogP contribution in [0.3, 0.4) is 0 Å². The maximum atomic E-state index is 11.6. The molecule has 0 bridgehead atoms. The van der Waals surface area contributed by atoms with E-state index in [0.717, 1.165) is 16.8 Å². The average molecular weight is 371 g/mol. The topological polar surface area (TPSA) is 65.5 Å². The van der Waals surface area contributed by atoms with Crippen molar-refractivity contribution in [2.75, 3.05) is 17.3 Å². The first-order chi connectivity index (χ1) is 13.6. The molecule has 1 heterocycles. The lowest BCUT2D eigenvalue weighted by atomic mass is 10.0. The number of carbonyl (C=O) groups is 1. The van der Waals surface area contributed by atoms with E-state index in [9.17, 15) is 9.90 Å². The minimum atomic E-state index is -1.02. The summed E-state index contributed by atoms with van der Waals surface area (Å²) in [5.74, 6) is -0.325. The van der Waals surface area contributed by atoms with E-state index >= 15 is 0 Å². The molecule has 3 rings (SSSR count). The number of carboxylic acid groups (broad SMARTS) is 1. The van der Waals surface area contributed by atoms with Crippen LogP contribution in [0.1, 0.15) is 15.9 Å². The molecule has 2 aromatic carbocycles. The molecule has 5 heteroatoms. The van der Waals surface area contributed by atoms with Gasteiger partial charge in [0.1, 0.15) is 5.82 Å². The number of aromatic carboxylic acids is 1. The SMILES string of the molecule is C=C/C(=C(/Nc1cnccc1C(=O)O)N(C)c1ccccc1)c1ccccc1. The van der Waals surface area contributed by atoms with Crippen molar-refractivity contribution in [3.05, 3.63) is 109 Å². The van der Waals surface area contributed by atoms with Crippen molar-refractivity contribution in [2.24, 2.45) is 0 Å². The Hall–Kier alpha value is -3.86. The summed E-state index contributed by atoms with van der Waals surface area (Å²) in [6.07, 6.45) is 4.73. The number of rotatable bonds is 7. The Kier molecular flexibility index (Phi) is 5.87. The van der Waals surface area contributed by atoms with E-state index in [0.29, 0.717) is 11.5 Å². The summed E-state index contributed by atoms with van der Waals surface area (Å²) in [4.78, 5) is 17.7. The molecule has 28 heavy (non-hydrogen) atoms. The average Bonchev–Trinajstić information content (AvgIpc) is 2.74. The number of anilines is 2. The zero-order valence-electron chi connectivity index (χ0n) is 15.5. The van der Waals surface area contributed by atoms with Gasteiger partial charge < -0.3 is 15.3 Å². The fourth-order valence-corrected chi connectivity index (χ4v) is 2.89. The highest BCUT2D eigenvalue weighted by Crippen LogP contribution is 2.28. The minimum absolute atomic E-state index is 0.144. The van der Waals surface area contributed by atoms with Gasteiger partial charge in [-0.05, 0) is 23.8 Å². The predicted octanol–water partition coefficient (Wildman–Crippen LogP) is 4.88. The minimum Gasteiger partial charge on any atom is -0.478 e. The zero-order valence-corrected chi connectivity index (χ0v) is 15.5. The summed E-state index contributed by atoms with van der Waals surface area (Å²) in [7, 11) is 1.92. The number of carboxylic acids is 1. The standard InChI is InChI=1S/C23H21N3O2/c1-3-19(17-10-6-4-7-11-17)22(26(2)18-12-8-5-9-13-18)25-21-16-24-15-14-20(21)23(27)28/h3-16,25H,1H2,2H3,(H,27,28)/b22-19+. The monoisotopic (exact) mass is 371 g/mol. The van der Waals surface area contributed by atoms with Gasteiger partial charge in [-0.2, -0.15) is 0 Å². The molecular formula is C23H21N3O2. The predicted molar refractivity (Wildman–Crippen MR) is 113 cm³/mol.